The Morgan fingerprint density at radius 1 is 0.970 bits per heavy atom. The highest BCUT2D eigenvalue weighted by molar-refractivity contribution is 7.18. The van der Waals surface area contributed by atoms with Gasteiger partial charge in [-0.05, 0) is 30.7 Å². The fourth-order valence-electron chi connectivity index (χ4n) is 3.79. The fourth-order valence-corrected chi connectivity index (χ4v) is 4.76. The van der Waals surface area contributed by atoms with Gasteiger partial charge in [0, 0.05) is 36.6 Å². The van der Waals surface area contributed by atoms with Crippen LogP contribution in [0.1, 0.15) is 25.6 Å². The first-order chi connectivity index (χ1) is 15.9. The molecule has 0 unspecified atom stereocenters. The van der Waals surface area contributed by atoms with Gasteiger partial charge >= 0.3 is 0 Å². The average molecular weight is 463 g/mol. The normalized spacial score (nSPS) is 14.2. The van der Waals surface area contributed by atoms with Crippen LogP contribution < -0.4 is 11.1 Å². The molecule has 1 saturated heterocycles. The van der Waals surface area contributed by atoms with Gasteiger partial charge in [-0.25, -0.2) is 0 Å². The van der Waals surface area contributed by atoms with E-state index in [0.717, 1.165) is 16.0 Å². The second-order valence-corrected chi connectivity index (χ2v) is 9.12. The van der Waals surface area contributed by atoms with Gasteiger partial charge < -0.3 is 16.0 Å². The summed E-state index contributed by atoms with van der Waals surface area (Å²) in [6.07, 6.45) is 0. The van der Waals surface area contributed by atoms with Crippen LogP contribution in [0, 0.1) is 6.92 Å². The van der Waals surface area contributed by atoms with Gasteiger partial charge in [0.1, 0.15) is 4.88 Å². The molecule has 0 atom stereocenters. The van der Waals surface area contributed by atoms with Crippen LogP contribution in [0.5, 0.6) is 0 Å². The predicted molar refractivity (Wildman–Crippen MR) is 130 cm³/mol. The van der Waals surface area contributed by atoms with Crippen molar-refractivity contribution in [3.05, 3.63) is 76.7 Å². The smallest absolute Gasteiger partial charge is 0.260 e. The number of carbonyl (C=O) groups excluding carboxylic acids is 3. The van der Waals surface area contributed by atoms with E-state index in [4.69, 9.17) is 5.73 Å². The standard InChI is InChI=1S/C25H26N4O3S/c1-17-7-9-19(10-8-17)25(32)29-13-11-28(12-14-29)16-22(30)27-20-15-21(33-23(20)24(26)31)18-5-3-2-4-6-18/h2-10,15H,11-14,16H2,1H3,(H2,26,31)(H,27,30). The van der Waals surface area contributed by atoms with Crippen LogP contribution in [0.15, 0.2) is 60.7 Å². The number of nitrogens with two attached hydrogens (primary N) is 1. The second kappa shape index (κ2) is 9.97. The molecule has 1 aliphatic rings. The Balaban J connectivity index is 1.34. The summed E-state index contributed by atoms with van der Waals surface area (Å²) >= 11 is 1.26. The highest BCUT2D eigenvalue weighted by atomic mass is 32.1. The molecule has 1 aromatic heterocycles. The molecule has 3 amide bonds. The van der Waals surface area contributed by atoms with E-state index in [2.05, 4.69) is 5.32 Å². The quantitative estimate of drug-likeness (QED) is 0.588. The third kappa shape index (κ3) is 5.47. The number of aryl methyl sites for hydroxylation is 1. The predicted octanol–water partition coefficient (Wildman–Crippen LogP) is 3.22. The number of benzene rings is 2. The molecule has 0 radical (unpaired) electrons. The van der Waals surface area contributed by atoms with Gasteiger partial charge in [-0.1, -0.05) is 48.0 Å². The summed E-state index contributed by atoms with van der Waals surface area (Å²) in [5.41, 5.74) is 8.72. The molecule has 0 bridgehead atoms. The molecule has 1 aliphatic heterocycles. The maximum Gasteiger partial charge on any atom is 0.260 e. The molecule has 2 heterocycles. The minimum absolute atomic E-state index is 0.0110. The van der Waals surface area contributed by atoms with E-state index in [1.807, 2.05) is 71.3 Å². The molecule has 4 rings (SSSR count). The summed E-state index contributed by atoms with van der Waals surface area (Å²) < 4.78 is 0. The molecule has 0 aliphatic carbocycles. The van der Waals surface area contributed by atoms with E-state index >= 15 is 0 Å². The van der Waals surface area contributed by atoms with Crippen LogP contribution in [0.3, 0.4) is 0 Å². The van der Waals surface area contributed by atoms with Crippen LogP contribution in [0.2, 0.25) is 0 Å². The number of nitrogens with one attached hydrogen (secondary N) is 1. The van der Waals surface area contributed by atoms with Crippen molar-refractivity contribution in [3.63, 3.8) is 0 Å². The highest BCUT2D eigenvalue weighted by Crippen LogP contribution is 2.34. The van der Waals surface area contributed by atoms with Gasteiger partial charge in [-0.2, -0.15) is 0 Å². The topological polar surface area (TPSA) is 95.7 Å². The molecule has 8 heteroatoms. The molecule has 0 saturated carbocycles. The lowest BCUT2D eigenvalue weighted by Crippen LogP contribution is -2.50. The third-order valence-corrected chi connectivity index (χ3v) is 6.81. The minimum Gasteiger partial charge on any atom is -0.365 e. The third-order valence-electron chi connectivity index (χ3n) is 5.61. The van der Waals surface area contributed by atoms with Gasteiger partial charge in [0.05, 0.1) is 12.2 Å². The molecule has 3 aromatic rings. The molecular formula is C25H26N4O3S. The van der Waals surface area contributed by atoms with Crippen LogP contribution in [0.25, 0.3) is 10.4 Å². The lowest BCUT2D eigenvalue weighted by Gasteiger charge is -2.34. The number of anilines is 1. The number of thiophene rings is 1. The first-order valence-corrected chi connectivity index (χ1v) is 11.6. The van der Waals surface area contributed by atoms with E-state index in [9.17, 15) is 14.4 Å². The van der Waals surface area contributed by atoms with Crippen LogP contribution in [0.4, 0.5) is 5.69 Å². The second-order valence-electron chi connectivity index (χ2n) is 8.07. The first-order valence-electron chi connectivity index (χ1n) is 10.8. The van der Waals surface area contributed by atoms with Crippen molar-refractivity contribution in [3.8, 4) is 10.4 Å². The molecule has 7 nitrogen and oxygen atoms in total. The number of rotatable bonds is 6. The molecule has 33 heavy (non-hydrogen) atoms. The maximum absolute atomic E-state index is 12.7. The van der Waals surface area contributed by atoms with Gasteiger partial charge in [0.2, 0.25) is 5.91 Å². The summed E-state index contributed by atoms with van der Waals surface area (Å²) in [4.78, 5) is 42.3. The first kappa shape index (κ1) is 22.7. The van der Waals surface area contributed by atoms with E-state index in [1.54, 1.807) is 6.07 Å². The zero-order valence-corrected chi connectivity index (χ0v) is 19.2. The Bertz CT molecular complexity index is 1150. The monoisotopic (exact) mass is 462 g/mol. The molecular weight excluding hydrogens is 436 g/mol. The Labute approximate surface area is 196 Å². The number of amides is 3. The summed E-state index contributed by atoms with van der Waals surface area (Å²) in [5, 5.41) is 2.84. The lowest BCUT2D eigenvalue weighted by molar-refractivity contribution is -0.117. The van der Waals surface area contributed by atoms with Crippen LogP contribution in [-0.4, -0.2) is 60.2 Å². The van der Waals surface area contributed by atoms with Crippen molar-refractivity contribution < 1.29 is 14.4 Å². The SMILES string of the molecule is Cc1ccc(C(=O)N2CCN(CC(=O)Nc3cc(-c4ccccc4)sc3C(N)=O)CC2)cc1. The minimum atomic E-state index is -0.569. The fraction of sp³-hybridized carbons (Fsp3) is 0.240. The van der Waals surface area contributed by atoms with Crippen molar-refractivity contribution in [2.75, 3.05) is 38.0 Å². The Morgan fingerprint density at radius 2 is 1.64 bits per heavy atom. The van der Waals surface area contributed by atoms with E-state index < -0.39 is 5.91 Å². The molecule has 0 spiro atoms. The van der Waals surface area contributed by atoms with E-state index in [1.165, 1.54) is 11.3 Å². The number of hydrogen-bond donors (Lipinski definition) is 2. The van der Waals surface area contributed by atoms with Gasteiger partial charge in [0.15, 0.2) is 0 Å². The van der Waals surface area contributed by atoms with Crippen molar-refractivity contribution in [2.45, 2.75) is 6.92 Å². The summed E-state index contributed by atoms with van der Waals surface area (Å²) in [6, 6.07) is 19.0. The van der Waals surface area contributed by atoms with Crippen LogP contribution in [-0.2, 0) is 4.79 Å². The van der Waals surface area contributed by atoms with Gasteiger partial charge in [-0.3, -0.25) is 19.3 Å². The van der Waals surface area contributed by atoms with Crippen molar-refractivity contribution in [1.29, 1.82) is 0 Å². The number of primary amides is 1. The van der Waals surface area contributed by atoms with Crippen molar-refractivity contribution in [2.24, 2.45) is 5.73 Å². The Kier molecular flexibility index (Phi) is 6.86. The van der Waals surface area contributed by atoms with E-state index in [-0.39, 0.29) is 18.4 Å². The van der Waals surface area contributed by atoms with E-state index in [0.29, 0.717) is 42.3 Å². The summed E-state index contributed by atoms with van der Waals surface area (Å²) in [5.74, 6) is -0.772. The molecule has 170 valence electrons. The number of piperazine rings is 1. The van der Waals surface area contributed by atoms with Gasteiger partial charge in [0.25, 0.3) is 11.8 Å². The van der Waals surface area contributed by atoms with Crippen molar-refractivity contribution in [1.82, 2.24) is 9.80 Å². The zero-order chi connectivity index (χ0) is 23.4. The molecule has 2 aromatic carbocycles. The average Bonchev–Trinajstić information content (AvgIpc) is 3.24. The van der Waals surface area contributed by atoms with Crippen LogP contribution >= 0.6 is 11.3 Å². The lowest BCUT2D eigenvalue weighted by atomic mass is 10.1. The number of nitrogens with zero attached hydrogens (tertiary/aromatic N) is 2. The summed E-state index contributed by atoms with van der Waals surface area (Å²) in [6.45, 7) is 4.50. The Morgan fingerprint density at radius 3 is 2.27 bits per heavy atom. The van der Waals surface area contributed by atoms with Gasteiger partial charge in [-0.15, -0.1) is 11.3 Å². The van der Waals surface area contributed by atoms with Crippen molar-refractivity contribution >= 4 is 34.7 Å². The summed E-state index contributed by atoms with van der Waals surface area (Å²) in [7, 11) is 0. The molecule has 3 N–H and O–H groups in total. The number of hydrogen-bond acceptors (Lipinski definition) is 5. The number of carbonyl (C=O) groups is 3. The zero-order valence-electron chi connectivity index (χ0n) is 18.4. The largest absolute Gasteiger partial charge is 0.365 e. The maximum atomic E-state index is 12.7. The Hall–Kier alpha value is -3.49. The molecule has 1 fully saturated rings. The highest BCUT2D eigenvalue weighted by Gasteiger charge is 2.24.